The smallest absolute Gasteiger partial charge is 0.335 e. The lowest BCUT2D eigenvalue weighted by molar-refractivity contribution is 0.0697. The first kappa shape index (κ1) is 23.5. The fourth-order valence-electron chi connectivity index (χ4n) is 2.38. The minimum Gasteiger partial charge on any atom is -0.508 e. The molecule has 0 radical (unpaired) electrons. The number of hydrogen-bond acceptors (Lipinski definition) is 3. The maximum absolute atomic E-state index is 10.9. The van der Waals surface area contributed by atoms with Crippen LogP contribution in [0.4, 0.5) is 0 Å². The second-order valence-corrected chi connectivity index (χ2v) is 5.27. The van der Waals surface area contributed by atoms with E-state index in [1.807, 2.05) is 46.8 Å². The number of aromatic carboxylic acids is 1. The first-order valence-corrected chi connectivity index (χ1v) is 9.30. The van der Waals surface area contributed by atoms with Crippen molar-refractivity contribution in [2.75, 3.05) is 0 Å². The summed E-state index contributed by atoms with van der Waals surface area (Å²) < 4.78 is 5.99. The molecular formula is C22H32O4. The molecular weight excluding hydrogens is 328 g/mol. The summed E-state index contributed by atoms with van der Waals surface area (Å²) in [5, 5.41) is 18.3. The summed E-state index contributed by atoms with van der Waals surface area (Å²) in [6.07, 6.45) is 0.795. The largest absolute Gasteiger partial charge is 0.508 e. The Hall–Kier alpha value is -2.49. The number of carbonyl (C=O) groups is 1. The minimum absolute atomic E-state index is 0.0276. The monoisotopic (exact) mass is 360 g/mol. The fourth-order valence-corrected chi connectivity index (χ4v) is 2.38. The number of carboxylic acids is 1. The van der Waals surface area contributed by atoms with Crippen molar-refractivity contribution in [1.29, 1.82) is 0 Å². The van der Waals surface area contributed by atoms with Gasteiger partial charge >= 0.3 is 5.97 Å². The molecule has 4 heteroatoms. The van der Waals surface area contributed by atoms with E-state index in [-0.39, 0.29) is 23.3 Å². The molecule has 0 aliphatic carbocycles. The Labute approximate surface area is 157 Å². The standard InChI is InChI=1S/C18H20O4.2C2H6/c1-3-17(12(2)13-4-8-15(19)9-5-13)22-16-10-6-14(7-11-16)18(20)21;2*1-2/h4-12,17,19H,3H2,1-2H3,(H,20,21);2*1-2H3. The van der Waals surface area contributed by atoms with E-state index in [0.717, 1.165) is 12.0 Å². The van der Waals surface area contributed by atoms with Crippen LogP contribution < -0.4 is 4.74 Å². The van der Waals surface area contributed by atoms with Gasteiger partial charge in [0, 0.05) is 5.92 Å². The minimum atomic E-state index is -0.948. The van der Waals surface area contributed by atoms with Gasteiger partial charge in [-0.3, -0.25) is 0 Å². The van der Waals surface area contributed by atoms with Crippen LogP contribution in [0.25, 0.3) is 0 Å². The molecule has 2 aromatic carbocycles. The molecule has 2 aromatic rings. The fraction of sp³-hybridized carbons (Fsp3) is 0.409. The van der Waals surface area contributed by atoms with E-state index in [1.165, 1.54) is 12.1 Å². The molecule has 144 valence electrons. The van der Waals surface area contributed by atoms with Crippen LogP contribution in [0.15, 0.2) is 48.5 Å². The molecule has 0 fully saturated rings. The Kier molecular flexibility index (Phi) is 11.6. The normalized spacial score (nSPS) is 11.8. The van der Waals surface area contributed by atoms with Gasteiger partial charge in [0.1, 0.15) is 17.6 Å². The average Bonchev–Trinajstić information content (AvgIpc) is 2.69. The predicted molar refractivity (Wildman–Crippen MR) is 107 cm³/mol. The quantitative estimate of drug-likeness (QED) is 0.653. The molecule has 0 saturated carbocycles. The maximum Gasteiger partial charge on any atom is 0.335 e. The van der Waals surface area contributed by atoms with Crippen molar-refractivity contribution in [3.05, 3.63) is 59.7 Å². The van der Waals surface area contributed by atoms with E-state index < -0.39 is 5.97 Å². The van der Waals surface area contributed by atoms with Crippen molar-refractivity contribution >= 4 is 5.97 Å². The Bertz CT molecular complexity index is 618. The highest BCUT2D eigenvalue weighted by molar-refractivity contribution is 5.87. The van der Waals surface area contributed by atoms with Crippen LogP contribution in [0.3, 0.4) is 0 Å². The molecule has 2 N–H and O–H groups in total. The molecule has 2 atom stereocenters. The zero-order chi connectivity index (χ0) is 20.1. The molecule has 2 rings (SSSR count). The van der Waals surface area contributed by atoms with Crippen LogP contribution in [0.1, 0.15) is 69.8 Å². The van der Waals surface area contributed by atoms with Gasteiger partial charge in [-0.2, -0.15) is 0 Å². The summed E-state index contributed by atoms with van der Waals surface area (Å²) in [5.74, 6) is 0.109. The highest BCUT2D eigenvalue weighted by atomic mass is 16.5. The number of hydrogen-bond donors (Lipinski definition) is 2. The van der Waals surface area contributed by atoms with Crippen molar-refractivity contribution in [3.63, 3.8) is 0 Å². The van der Waals surface area contributed by atoms with E-state index in [9.17, 15) is 9.90 Å². The summed E-state index contributed by atoms with van der Waals surface area (Å²) in [4.78, 5) is 10.9. The predicted octanol–water partition coefficient (Wildman–Crippen LogP) is 6.10. The lowest BCUT2D eigenvalue weighted by Crippen LogP contribution is -2.22. The lowest BCUT2D eigenvalue weighted by Gasteiger charge is -2.24. The second kappa shape index (κ2) is 12.8. The summed E-state index contributed by atoms with van der Waals surface area (Å²) >= 11 is 0. The second-order valence-electron chi connectivity index (χ2n) is 5.27. The average molecular weight is 360 g/mol. The Morgan fingerprint density at radius 1 is 0.962 bits per heavy atom. The van der Waals surface area contributed by atoms with Crippen molar-refractivity contribution in [2.24, 2.45) is 0 Å². The number of phenolic OH excluding ortho intramolecular Hbond substituents is 1. The highest BCUT2D eigenvalue weighted by Gasteiger charge is 2.19. The molecule has 0 aliphatic rings. The molecule has 0 bridgehead atoms. The maximum atomic E-state index is 10.9. The van der Waals surface area contributed by atoms with Crippen molar-refractivity contribution in [1.82, 2.24) is 0 Å². The molecule has 0 amide bonds. The molecule has 26 heavy (non-hydrogen) atoms. The number of benzene rings is 2. The summed E-state index contributed by atoms with van der Waals surface area (Å²) in [6.45, 7) is 12.1. The Morgan fingerprint density at radius 3 is 1.88 bits per heavy atom. The molecule has 0 heterocycles. The zero-order valence-corrected chi connectivity index (χ0v) is 16.7. The number of carboxylic acid groups (broad SMARTS) is 1. The summed E-state index contributed by atoms with van der Waals surface area (Å²) in [7, 11) is 0. The van der Waals surface area contributed by atoms with Crippen LogP contribution in [-0.4, -0.2) is 22.3 Å². The van der Waals surface area contributed by atoms with Crippen LogP contribution in [-0.2, 0) is 0 Å². The van der Waals surface area contributed by atoms with E-state index in [2.05, 4.69) is 6.92 Å². The molecule has 0 aliphatic heterocycles. The number of rotatable bonds is 6. The molecule has 0 spiro atoms. The molecule has 2 unspecified atom stereocenters. The number of aromatic hydroxyl groups is 1. The number of phenols is 1. The number of ether oxygens (including phenoxy) is 1. The van der Waals surface area contributed by atoms with Gasteiger partial charge < -0.3 is 14.9 Å². The van der Waals surface area contributed by atoms with Gasteiger partial charge in [-0.1, -0.05) is 53.7 Å². The highest BCUT2D eigenvalue weighted by Crippen LogP contribution is 2.27. The molecule has 4 nitrogen and oxygen atoms in total. The van der Waals surface area contributed by atoms with Gasteiger partial charge in [-0.25, -0.2) is 4.79 Å². The van der Waals surface area contributed by atoms with Crippen LogP contribution >= 0.6 is 0 Å². The molecule has 0 aromatic heterocycles. The third-order valence-corrected chi connectivity index (χ3v) is 3.77. The van der Waals surface area contributed by atoms with Gasteiger partial charge in [0.25, 0.3) is 0 Å². The van der Waals surface area contributed by atoms with Crippen molar-refractivity contribution in [2.45, 2.75) is 60.0 Å². The van der Waals surface area contributed by atoms with Gasteiger partial charge in [-0.05, 0) is 48.4 Å². The van der Waals surface area contributed by atoms with E-state index in [0.29, 0.717) is 5.75 Å². The van der Waals surface area contributed by atoms with Gasteiger partial charge in [-0.15, -0.1) is 0 Å². The summed E-state index contributed by atoms with van der Waals surface area (Å²) in [6, 6.07) is 13.5. The van der Waals surface area contributed by atoms with Crippen molar-refractivity contribution < 1.29 is 19.7 Å². The SMILES string of the molecule is CC.CC.CCC(Oc1ccc(C(=O)O)cc1)C(C)c1ccc(O)cc1. The third-order valence-electron chi connectivity index (χ3n) is 3.77. The van der Waals surface area contributed by atoms with Gasteiger partial charge in [0.15, 0.2) is 0 Å². The first-order chi connectivity index (χ1) is 12.5. The van der Waals surface area contributed by atoms with E-state index >= 15 is 0 Å². The Morgan fingerprint density at radius 2 is 1.46 bits per heavy atom. The van der Waals surface area contributed by atoms with Gasteiger partial charge in [0.2, 0.25) is 0 Å². The van der Waals surface area contributed by atoms with Crippen LogP contribution in [0, 0.1) is 0 Å². The zero-order valence-electron chi connectivity index (χ0n) is 16.7. The molecule has 0 saturated heterocycles. The lowest BCUT2D eigenvalue weighted by atomic mass is 9.93. The summed E-state index contributed by atoms with van der Waals surface area (Å²) in [5.41, 5.74) is 1.33. The Balaban J connectivity index is 0.00000146. The van der Waals surface area contributed by atoms with E-state index in [4.69, 9.17) is 9.84 Å². The van der Waals surface area contributed by atoms with Gasteiger partial charge in [0.05, 0.1) is 5.56 Å². The van der Waals surface area contributed by atoms with Crippen LogP contribution in [0.2, 0.25) is 0 Å². The van der Waals surface area contributed by atoms with E-state index in [1.54, 1.807) is 24.3 Å². The first-order valence-electron chi connectivity index (χ1n) is 9.30. The van der Waals surface area contributed by atoms with Crippen LogP contribution in [0.5, 0.6) is 11.5 Å². The third kappa shape index (κ3) is 7.18. The van der Waals surface area contributed by atoms with Crippen molar-refractivity contribution in [3.8, 4) is 11.5 Å². The topological polar surface area (TPSA) is 66.8 Å².